The summed E-state index contributed by atoms with van der Waals surface area (Å²) >= 11 is 0. The zero-order chi connectivity index (χ0) is 14.5. The van der Waals surface area contributed by atoms with Gasteiger partial charge in [0.2, 0.25) is 0 Å². The fraction of sp³-hybridized carbons (Fsp3) is 0.500. The third-order valence-electron chi connectivity index (χ3n) is 3.45. The largest absolute Gasteiger partial charge is 0.379 e. The smallest absolute Gasteiger partial charge is 0.158 e. The fourth-order valence-electron chi connectivity index (χ4n) is 2.28. The minimum absolute atomic E-state index is 0.770. The van der Waals surface area contributed by atoms with Crippen LogP contribution in [0.4, 0.5) is 5.82 Å². The number of aromatic nitrogens is 4. The number of hydrogen-bond acceptors (Lipinski definition) is 6. The van der Waals surface area contributed by atoms with Crippen molar-refractivity contribution in [3.63, 3.8) is 0 Å². The van der Waals surface area contributed by atoms with Crippen LogP contribution in [0.25, 0.3) is 5.82 Å². The Kier molecular flexibility index (Phi) is 4.42. The van der Waals surface area contributed by atoms with Gasteiger partial charge in [-0.15, -0.1) is 0 Å². The average molecular weight is 288 g/mol. The Morgan fingerprint density at radius 1 is 1.29 bits per heavy atom. The second kappa shape index (κ2) is 6.64. The molecule has 0 bridgehead atoms. The molecule has 0 aliphatic carbocycles. The van der Waals surface area contributed by atoms with Gasteiger partial charge in [-0.2, -0.15) is 5.10 Å². The Hall–Kier alpha value is -1.99. The van der Waals surface area contributed by atoms with E-state index in [1.165, 1.54) is 0 Å². The topological polar surface area (TPSA) is 68.1 Å². The normalized spacial score (nSPS) is 16.0. The Morgan fingerprint density at radius 2 is 2.14 bits per heavy atom. The molecule has 0 unspecified atom stereocenters. The molecule has 0 amide bonds. The van der Waals surface area contributed by atoms with E-state index in [9.17, 15) is 0 Å². The predicted molar refractivity (Wildman–Crippen MR) is 79.6 cm³/mol. The van der Waals surface area contributed by atoms with Gasteiger partial charge in [-0.25, -0.2) is 14.6 Å². The Labute approximate surface area is 124 Å². The monoisotopic (exact) mass is 288 g/mol. The molecule has 1 fully saturated rings. The number of hydrogen-bond donors (Lipinski definition) is 1. The molecule has 1 N–H and O–H groups in total. The summed E-state index contributed by atoms with van der Waals surface area (Å²) in [4.78, 5) is 10.9. The molecule has 7 nitrogen and oxygen atoms in total. The summed E-state index contributed by atoms with van der Waals surface area (Å²) < 4.78 is 7.09. The molecule has 0 atom stereocenters. The van der Waals surface area contributed by atoms with E-state index < -0.39 is 0 Å². The van der Waals surface area contributed by atoms with Crippen molar-refractivity contribution in [1.29, 1.82) is 0 Å². The van der Waals surface area contributed by atoms with E-state index in [2.05, 4.69) is 25.3 Å². The van der Waals surface area contributed by atoms with E-state index in [0.717, 1.165) is 56.7 Å². The van der Waals surface area contributed by atoms with E-state index in [1.54, 1.807) is 11.0 Å². The number of morpholine rings is 1. The number of nitrogens with one attached hydrogen (secondary N) is 1. The molecule has 0 radical (unpaired) electrons. The van der Waals surface area contributed by atoms with Gasteiger partial charge >= 0.3 is 0 Å². The van der Waals surface area contributed by atoms with Crippen LogP contribution in [-0.4, -0.2) is 64.0 Å². The van der Waals surface area contributed by atoms with Crippen molar-refractivity contribution < 1.29 is 4.74 Å². The minimum atomic E-state index is 0.770. The quantitative estimate of drug-likeness (QED) is 0.874. The molecule has 0 spiro atoms. The lowest BCUT2D eigenvalue weighted by atomic mass is 10.4. The lowest BCUT2D eigenvalue weighted by molar-refractivity contribution is 0.0398. The molecule has 7 heteroatoms. The maximum atomic E-state index is 5.34. The first-order valence-electron chi connectivity index (χ1n) is 7.20. The van der Waals surface area contributed by atoms with Crippen molar-refractivity contribution in [2.75, 3.05) is 44.7 Å². The summed E-state index contributed by atoms with van der Waals surface area (Å²) in [5, 5.41) is 7.69. The average Bonchev–Trinajstić information content (AvgIpc) is 2.95. The van der Waals surface area contributed by atoms with E-state index in [-0.39, 0.29) is 0 Å². The number of ether oxygens (including phenoxy) is 1. The van der Waals surface area contributed by atoms with Crippen LogP contribution < -0.4 is 5.32 Å². The highest BCUT2D eigenvalue weighted by Gasteiger charge is 2.09. The Morgan fingerprint density at radius 3 is 2.90 bits per heavy atom. The van der Waals surface area contributed by atoms with Crippen molar-refractivity contribution in [3.8, 4) is 5.82 Å². The van der Waals surface area contributed by atoms with E-state index in [0.29, 0.717) is 0 Å². The zero-order valence-corrected chi connectivity index (χ0v) is 12.2. The van der Waals surface area contributed by atoms with Gasteiger partial charge in [0.05, 0.1) is 18.9 Å². The summed E-state index contributed by atoms with van der Waals surface area (Å²) in [7, 11) is 0. The van der Waals surface area contributed by atoms with Gasteiger partial charge in [0.25, 0.3) is 0 Å². The van der Waals surface area contributed by atoms with Gasteiger partial charge in [0.15, 0.2) is 5.82 Å². The third-order valence-corrected chi connectivity index (χ3v) is 3.45. The van der Waals surface area contributed by atoms with Crippen molar-refractivity contribution in [1.82, 2.24) is 24.6 Å². The number of anilines is 1. The maximum Gasteiger partial charge on any atom is 0.158 e. The van der Waals surface area contributed by atoms with Crippen LogP contribution >= 0.6 is 0 Å². The first-order chi connectivity index (χ1) is 10.3. The molecule has 21 heavy (non-hydrogen) atoms. The van der Waals surface area contributed by atoms with Crippen LogP contribution in [0, 0.1) is 6.92 Å². The van der Waals surface area contributed by atoms with Gasteiger partial charge in [-0.1, -0.05) is 0 Å². The summed E-state index contributed by atoms with van der Waals surface area (Å²) in [6.07, 6.45) is 3.46. The van der Waals surface area contributed by atoms with E-state index in [4.69, 9.17) is 4.74 Å². The van der Waals surface area contributed by atoms with Crippen LogP contribution in [-0.2, 0) is 4.74 Å². The highest BCUT2D eigenvalue weighted by Crippen LogP contribution is 2.08. The lowest BCUT2D eigenvalue weighted by Crippen LogP contribution is -2.39. The summed E-state index contributed by atoms with van der Waals surface area (Å²) in [6.45, 7) is 7.47. The van der Waals surface area contributed by atoms with Gasteiger partial charge in [0.1, 0.15) is 12.1 Å². The highest BCUT2D eigenvalue weighted by molar-refractivity contribution is 5.40. The summed E-state index contributed by atoms with van der Waals surface area (Å²) in [5.41, 5.74) is 0.968. The van der Waals surface area contributed by atoms with Gasteiger partial charge in [0, 0.05) is 38.4 Å². The molecule has 2 aromatic heterocycles. The van der Waals surface area contributed by atoms with E-state index in [1.807, 2.05) is 25.3 Å². The molecule has 1 saturated heterocycles. The Balaban J connectivity index is 1.56. The number of rotatable bonds is 5. The Bertz CT molecular complexity index is 578. The third kappa shape index (κ3) is 3.77. The first-order valence-corrected chi connectivity index (χ1v) is 7.20. The van der Waals surface area contributed by atoms with Crippen LogP contribution in [0.1, 0.15) is 5.69 Å². The summed E-state index contributed by atoms with van der Waals surface area (Å²) in [6, 6.07) is 3.86. The first kappa shape index (κ1) is 14.0. The molecule has 0 saturated carbocycles. The molecule has 1 aliphatic heterocycles. The second-order valence-electron chi connectivity index (χ2n) is 5.04. The molecular weight excluding hydrogens is 268 g/mol. The molecule has 2 aromatic rings. The molecule has 1 aliphatic rings. The number of aryl methyl sites for hydroxylation is 1. The van der Waals surface area contributed by atoms with Crippen LogP contribution in [0.2, 0.25) is 0 Å². The SMILES string of the molecule is Cc1ccn(-c2cc(NCCN3CCOCC3)ncn2)n1. The van der Waals surface area contributed by atoms with Crippen LogP contribution in [0.15, 0.2) is 24.7 Å². The van der Waals surface area contributed by atoms with E-state index >= 15 is 0 Å². The molecule has 0 aromatic carbocycles. The van der Waals surface area contributed by atoms with Gasteiger partial charge in [-0.05, 0) is 13.0 Å². The number of nitrogens with zero attached hydrogens (tertiary/aromatic N) is 5. The minimum Gasteiger partial charge on any atom is -0.379 e. The van der Waals surface area contributed by atoms with Crippen molar-refractivity contribution in [3.05, 3.63) is 30.4 Å². The predicted octanol–water partition coefficient (Wildman–Crippen LogP) is 0.715. The van der Waals surface area contributed by atoms with Crippen molar-refractivity contribution >= 4 is 5.82 Å². The van der Waals surface area contributed by atoms with Gasteiger partial charge in [-0.3, -0.25) is 4.90 Å². The standard InChI is InChI=1S/C14H20N6O/c1-12-2-4-20(18-12)14-10-13(16-11-17-14)15-3-5-19-6-8-21-9-7-19/h2,4,10-11H,3,5-9H2,1H3,(H,15,16,17). The highest BCUT2D eigenvalue weighted by atomic mass is 16.5. The molecular formula is C14H20N6O. The molecule has 3 heterocycles. The molecule has 3 rings (SSSR count). The molecule has 112 valence electrons. The van der Waals surface area contributed by atoms with Crippen LogP contribution in [0.5, 0.6) is 0 Å². The van der Waals surface area contributed by atoms with Gasteiger partial charge < -0.3 is 10.1 Å². The van der Waals surface area contributed by atoms with Crippen molar-refractivity contribution in [2.45, 2.75) is 6.92 Å². The van der Waals surface area contributed by atoms with Crippen molar-refractivity contribution in [2.24, 2.45) is 0 Å². The maximum absolute atomic E-state index is 5.34. The lowest BCUT2D eigenvalue weighted by Gasteiger charge is -2.26. The van der Waals surface area contributed by atoms with Crippen LogP contribution in [0.3, 0.4) is 0 Å². The second-order valence-corrected chi connectivity index (χ2v) is 5.04. The fourth-order valence-corrected chi connectivity index (χ4v) is 2.28. The summed E-state index contributed by atoms with van der Waals surface area (Å²) in [5.74, 6) is 1.59. The zero-order valence-electron chi connectivity index (χ0n) is 12.2.